The van der Waals surface area contributed by atoms with Gasteiger partial charge in [0.15, 0.2) is 5.13 Å². The Bertz CT molecular complexity index is 1040. The van der Waals surface area contributed by atoms with Crippen molar-refractivity contribution in [1.82, 2.24) is 20.6 Å². The number of hydrogen-bond acceptors (Lipinski definition) is 6. The van der Waals surface area contributed by atoms with Crippen LogP contribution in [0.15, 0.2) is 36.7 Å². The van der Waals surface area contributed by atoms with Crippen LogP contribution in [0, 0.1) is 0 Å². The lowest BCUT2D eigenvalue weighted by Crippen LogP contribution is -2.36. The number of aromatic nitrogens is 2. The van der Waals surface area contributed by atoms with Crippen molar-refractivity contribution in [2.75, 3.05) is 31.6 Å². The van der Waals surface area contributed by atoms with E-state index in [0.29, 0.717) is 23.1 Å². The molecule has 2 heterocycles. The molecule has 0 saturated carbocycles. The van der Waals surface area contributed by atoms with Crippen LogP contribution in [0.2, 0.25) is 0 Å². The second kappa shape index (κ2) is 12.7. The Kier molecular flexibility index (Phi) is 9.73. The lowest BCUT2D eigenvalue weighted by Gasteiger charge is -2.18. The first-order valence-electron chi connectivity index (χ1n) is 11.3. The SMILES string of the molecule is CCCCC(Cc1c[nH]c2ccccc12)NC(=O)c1cnc(NCCNCCOC(F)(F)F)s1. The van der Waals surface area contributed by atoms with Gasteiger partial charge in [0, 0.05) is 42.8 Å². The normalized spacial score (nSPS) is 12.7. The third kappa shape index (κ3) is 8.30. The molecule has 0 aliphatic rings. The van der Waals surface area contributed by atoms with Gasteiger partial charge < -0.3 is 20.9 Å². The van der Waals surface area contributed by atoms with Gasteiger partial charge in [0.05, 0.1) is 12.8 Å². The van der Waals surface area contributed by atoms with E-state index in [1.165, 1.54) is 28.5 Å². The van der Waals surface area contributed by atoms with E-state index in [9.17, 15) is 18.0 Å². The van der Waals surface area contributed by atoms with Gasteiger partial charge in [-0.15, -0.1) is 13.2 Å². The average Bonchev–Trinajstić information content (AvgIpc) is 3.43. The number of halogens is 3. The number of anilines is 1. The molecule has 7 nitrogen and oxygen atoms in total. The molecule has 4 N–H and O–H groups in total. The van der Waals surface area contributed by atoms with Gasteiger partial charge in [0.25, 0.3) is 5.91 Å². The van der Waals surface area contributed by atoms with E-state index < -0.39 is 13.0 Å². The number of H-pyrrole nitrogens is 1. The second-order valence-electron chi connectivity index (χ2n) is 7.88. The molecule has 2 aromatic heterocycles. The van der Waals surface area contributed by atoms with Crippen LogP contribution >= 0.6 is 11.3 Å². The molecule has 34 heavy (non-hydrogen) atoms. The summed E-state index contributed by atoms with van der Waals surface area (Å²) >= 11 is 1.25. The van der Waals surface area contributed by atoms with Crippen LogP contribution in [-0.4, -0.2) is 54.5 Å². The quantitative estimate of drug-likeness (QED) is 0.243. The molecule has 0 saturated heterocycles. The molecule has 186 valence electrons. The van der Waals surface area contributed by atoms with Crippen molar-refractivity contribution < 1.29 is 22.7 Å². The number of rotatable bonds is 14. The number of fused-ring (bicyclic) bond motifs is 1. The molecule has 11 heteroatoms. The van der Waals surface area contributed by atoms with Crippen LogP contribution in [0.3, 0.4) is 0 Å². The van der Waals surface area contributed by atoms with Gasteiger partial charge in [-0.1, -0.05) is 49.3 Å². The minimum atomic E-state index is -4.61. The largest absolute Gasteiger partial charge is 0.522 e. The van der Waals surface area contributed by atoms with Crippen LogP contribution in [0.25, 0.3) is 10.9 Å². The fourth-order valence-electron chi connectivity index (χ4n) is 3.58. The molecular weight excluding hydrogens is 467 g/mol. The number of unbranched alkanes of at least 4 members (excludes halogenated alkanes) is 1. The minimum Gasteiger partial charge on any atom is -0.361 e. The Balaban J connectivity index is 1.47. The fourth-order valence-corrected chi connectivity index (χ4v) is 4.33. The van der Waals surface area contributed by atoms with Gasteiger partial charge in [-0.05, 0) is 24.5 Å². The molecule has 1 aromatic carbocycles. The van der Waals surface area contributed by atoms with Gasteiger partial charge in [-0.2, -0.15) is 0 Å². The van der Waals surface area contributed by atoms with Crippen molar-refractivity contribution >= 4 is 33.3 Å². The van der Waals surface area contributed by atoms with E-state index in [4.69, 9.17) is 0 Å². The molecule has 3 rings (SSSR count). The Labute approximate surface area is 200 Å². The summed E-state index contributed by atoms with van der Waals surface area (Å²) in [5, 5.41) is 10.8. The maximum atomic E-state index is 12.9. The van der Waals surface area contributed by atoms with Crippen LogP contribution in [0.4, 0.5) is 18.3 Å². The second-order valence-corrected chi connectivity index (χ2v) is 8.91. The van der Waals surface area contributed by atoms with Crippen LogP contribution in [0.1, 0.15) is 41.4 Å². The number of carbonyl (C=O) groups excluding carboxylic acids is 1. The molecule has 1 unspecified atom stereocenters. The number of nitrogens with one attached hydrogen (secondary N) is 4. The van der Waals surface area contributed by atoms with E-state index in [0.717, 1.165) is 31.2 Å². The van der Waals surface area contributed by atoms with E-state index in [2.05, 4.69) is 43.6 Å². The summed E-state index contributed by atoms with van der Waals surface area (Å²) in [6, 6.07) is 8.13. The number of carbonyl (C=O) groups is 1. The smallest absolute Gasteiger partial charge is 0.361 e. The van der Waals surface area contributed by atoms with Crippen LogP contribution in [0.5, 0.6) is 0 Å². The lowest BCUT2D eigenvalue weighted by atomic mass is 10.0. The molecule has 1 atom stereocenters. The highest BCUT2D eigenvalue weighted by Gasteiger charge is 2.28. The topological polar surface area (TPSA) is 91.1 Å². The zero-order chi connectivity index (χ0) is 24.4. The molecular formula is C23H30F3N5O2S. The zero-order valence-corrected chi connectivity index (χ0v) is 19.8. The Morgan fingerprint density at radius 1 is 1.24 bits per heavy atom. The van der Waals surface area contributed by atoms with Crippen molar-refractivity contribution in [3.8, 4) is 0 Å². The summed E-state index contributed by atoms with van der Waals surface area (Å²) in [5.41, 5.74) is 2.26. The number of nitrogens with zero attached hydrogens (tertiary/aromatic N) is 1. The molecule has 0 aliphatic heterocycles. The number of amides is 1. The number of ether oxygens (including phenoxy) is 1. The van der Waals surface area contributed by atoms with Gasteiger partial charge >= 0.3 is 6.36 Å². The van der Waals surface area contributed by atoms with Crippen LogP contribution in [-0.2, 0) is 11.2 Å². The van der Waals surface area contributed by atoms with Crippen molar-refractivity contribution in [1.29, 1.82) is 0 Å². The minimum absolute atomic E-state index is 0.00767. The van der Waals surface area contributed by atoms with Gasteiger partial charge in [-0.3, -0.25) is 9.53 Å². The van der Waals surface area contributed by atoms with Crippen molar-refractivity contribution in [3.63, 3.8) is 0 Å². The lowest BCUT2D eigenvalue weighted by molar-refractivity contribution is -0.323. The highest BCUT2D eigenvalue weighted by molar-refractivity contribution is 7.17. The number of alkyl halides is 3. The summed E-state index contributed by atoms with van der Waals surface area (Å²) in [7, 11) is 0. The maximum absolute atomic E-state index is 12.9. The third-order valence-electron chi connectivity index (χ3n) is 5.23. The van der Waals surface area contributed by atoms with E-state index in [-0.39, 0.29) is 18.5 Å². The average molecular weight is 498 g/mol. The molecule has 0 radical (unpaired) electrons. The first kappa shape index (κ1) is 26.0. The van der Waals surface area contributed by atoms with Crippen molar-refractivity contribution in [2.24, 2.45) is 0 Å². The predicted molar refractivity (Wildman–Crippen MR) is 128 cm³/mol. The number of benzene rings is 1. The van der Waals surface area contributed by atoms with Gasteiger partial charge in [-0.25, -0.2) is 4.98 Å². The number of thiazole rings is 1. The first-order chi connectivity index (χ1) is 16.4. The summed E-state index contributed by atoms with van der Waals surface area (Å²) in [6.45, 7) is 2.67. The molecule has 0 aliphatic carbocycles. The predicted octanol–water partition coefficient (Wildman–Crippen LogP) is 4.69. The maximum Gasteiger partial charge on any atom is 0.522 e. The Hall–Kier alpha value is -2.63. The van der Waals surface area contributed by atoms with Crippen molar-refractivity contribution in [2.45, 2.75) is 45.0 Å². The Morgan fingerprint density at radius 2 is 2.06 bits per heavy atom. The summed E-state index contributed by atoms with van der Waals surface area (Å²) in [4.78, 5) is 20.9. The third-order valence-corrected chi connectivity index (χ3v) is 6.19. The van der Waals surface area contributed by atoms with Gasteiger partial charge in [0.1, 0.15) is 4.88 Å². The van der Waals surface area contributed by atoms with Crippen molar-refractivity contribution in [3.05, 3.63) is 47.1 Å². The summed E-state index contributed by atoms with van der Waals surface area (Å²) in [6.07, 6.45) is 2.62. The number of para-hydroxylation sites is 1. The molecule has 0 fully saturated rings. The highest BCUT2D eigenvalue weighted by Crippen LogP contribution is 2.22. The summed E-state index contributed by atoms with van der Waals surface area (Å²) < 4.78 is 39.4. The number of aromatic amines is 1. The molecule has 0 spiro atoms. The molecule has 0 bridgehead atoms. The summed E-state index contributed by atoms with van der Waals surface area (Å²) in [5.74, 6) is -0.158. The molecule has 3 aromatic rings. The zero-order valence-electron chi connectivity index (χ0n) is 19.0. The monoisotopic (exact) mass is 497 g/mol. The Morgan fingerprint density at radius 3 is 2.85 bits per heavy atom. The van der Waals surface area contributed by atoms with E-state index in [1.807, 2.05) is 24.4 Å². The van der Waals surface area contributed by atoms with Crippen LogP contribution < -0.4 is 16.0 Å². The number of hydrogen-bond donors (Lipinski definition) is 4. The van der Waals surface area contributed by atoms with E-state index in [1.54, 1.807) is 0 Å². The fraction of sp³-hybridized carbons (Fsp3) is 0.478. The highest BCUT2D eigenvalue weighted by atomic mass is 32.1. The van der Waals surface area contributed by atoms with E-state index >= 15 is 0 Å². The van der Waals surface area contributed by atoms with Gasteiger partial charge in [0.2, 0.25) is 0 Å². The first-order valence-corrected chi connectivity index (χ1v) is 12.1. The standard InChI is InChI=1S/C23H30F3N5O2S/c1-2-3-6-17(13-16-14-29-19-8-5-4-7-18(16)19)31-21(32)20-15-30-22(34-20)28-10-9-27-11-12-33-23(24,25)26/h4-5,7-8,14-15,17,27,29H,2-3,6,9-13H2,1H3,(H,28,30)(H,31,32). The molecule has 1 amide bonds.